The summed E-state index contributed by atoms with van der Waals surface area (Å²) in [6.45, 7) is 0. The lowest BCUT2D eigenvalue weighted by molar-refractivity contribution is -0.145. The van der Waals surface area contributed by atoms with Crippen LogP contribution >= 0.6 is 0 Å². The number of barbiturate groups is 1. The van der Waals surface area contributed by atoms with Gasteiger partial charge in [-0.3, -0.25) is 19.4 Å². The van der Waals surface area contributed by atoms with E-state index in [1.54, 1.807) is 0 Å². The van der Waals surface area contributed by atoms with Gasteiger partial charge in [0.25, 0.3) is 0 Å². The first-order valence-electron chi connectivity index (χ1n) is 7.91. The number of hydrogen-bond acceptors (Lipinski definition) is 7. The number of rotatable bonds is 1. The molecule has 9 nitrogen and oxygen atoms in total. The van der Waals surface area contributed by atoms with Crippen LogP contribution in [0, 0.1) is 5.92 Å². The van der Waals surface area contributed by atoms with E-state index < -0.39 is 49.4 Å². The molecule has 0 atom stereocenters. The number of imide groups is 2. The molecule has 0 bridgehead atoms. The van der Waals surface area contributed by atoms with Crippen molar-refractivity contribution in [3.63, 3.8) is 0 Å². The third-order valence-electron chi connectivity index (χ3n) is 4.96. The molecule has 2 saturated heterocycles. The van der Waals surface area contributed by atoms with Gasteiger partial charge in [0.1, 0.15) is 5.92 Å². The maximum Gasteiger partial charge on any atom is 0.351 e. The fraction of sp³-hybridized carbons (Fsp3) is 0.600. The van der Waals surface area contributed by atoms with Gasteiger partial charge in [0.05, 0.1) is 0 Å². The number of carbonyl (C=O) groups excluding carboxylic acids is 4. The first kappa shape index (κ1) is 17.6. The van der Waals surface area contributed by atoms with Crippen molar-refractivity contribution < 1.29 is 32.3 Å². The van der Waals surface area contributed by atoms with Gasteiger partial charge in [-0.05, 0) is 18.9 Å². The second-order valence-electron chi connectivity index (χ2n) is 6.45. The zero-order valence-corrected chi connectivity index (χ0v) is 14.7. The number of esters is 1. The summed E-state index contributed by atoms with van der Waals surface area (Å²) in [5.41, 5.74) is 0. The third kappa shape index (κ3) is 2.38. The van der Waals surface area contributed by atoms with Gasteiger partial charge in [0, 0.05) is 26.9 Å². The van der Waals surface area contributed by atoms with Crippen LogP contribution < -0.4 is 0 Å². The predicted octanol–water partition coefficient (Wildman–Crippen LogP) is 0.169. The first-order valence-corrected chi connectivity index (χ1v) is 9.39. The molecule has 1 saturated carbocycles. The minimum atomic E-state index is -4.13. The van der Waals surface area contributed by atoms with Crippen LogP contribution in [-0.4, -0.2) is 61.1 Å². The van der Waals surface area contributed by atoms with Crippen molar-refractivity contribution in [2.75, 3.05) is 14.1 Å². The Balaban J connectivity index is 2.03. The van der Waals surface area contributed by atoms with Crippen molar-refractivity contribution in [2.24, 2.45) is 5.92 Å². The SMILES string of the molecule is CN1C(=O)C(C=C2C(=O)OC3(CCCCC3)S2(=O)=O)C(=O)N(C)C1=O. The Hall–Kier alpha value is -2.23. The minimum absolute atomic E-state index is 0.198. The second kappa shape index (κ2) is 5.65. The van der Waals surface area contributed by atoms with Crippen molar-refractivity contribution in [1.82, 2.24) is 9.80 Å². The third-order valence-corrected chi connectivity index (χ3v) is 7.31. The topological polar surface area (TPSA) is 118 Å². The standard InChI is InChI=1S/C15H18N2O7S/c1-16-11(18)9(12(19)17(2)14(16)21)8-10-13(20)24-15(25(10,22)23)6-4-3-5-7-15/h8-9H,3-7H2,1-2H3. The van der Waals surface area contributed by atoms with Gasteiger partial charge in [0.2, 0.25) is 26.6 Å². The van der Waals surface area contributed by atoms with Crippen LogP contribution in [0.1, 0.15) is 32.1 Å². The molecular weight excluding hydrogens is 352 g/mol. The van der Waals surface area contributed by atoms with Crippen LogP contribution in [0.3, 0.4) is 0 Å². The predicted molar refractivity (Wildman–Crippen MR) is 83.3 cm³/mol. The minimum Gasteiger partial charge on any atom is -0.438 e. The summed E-state index contributed by atoms with van der Waals surface area (Å²) in [6, 6.07) is -0.815. The van der Waals surface area contributed by atoms with E-state index in [0.717, 1.165) is 12.5 Å². The highest BCUT2D eigenvalue weighted by molar-refractivity contribution is 7.97. The molecule has 2 aliphatic heterocycles. The Morgan fingerprint density at radius 3 is 2.04 bits per heavy atom. The number of carbonyl (C=O) groups is 4. The first-order chi connectivity index (χ1) is 11.6. The Kier molecular flexibility index (Phi) is 3.98. The lowest BCUT2D eigenvalue weighted by Crippen LogP contribution is -2.56. The molecule has 1 aliphatic carbocycles. The van der Waals surface area contributed by atoms with E-state index in [1.165, 1.54) is 14.1 Å². The van der Waals surface area contributed by atoms with Crippen molar-refractivity contribution in [3.8, 4) is 0 Å². The van der Waals surface area contributed by atoms with E-state index >= 15 is 0 Å². The zero-order valence-electron chi connectivity index (χ0n) is 13.9. The maximum atomic E-state index is 12.9. The molecule has 0 aromatic carbocycles. The Labute approximate surface area is 144 Å². The molecule has 0 aromatic rings. The van der Waals surface area contributed by atoms with Crippen LogP contribution in [0.25, 0.3) is 0 Å². The van der Waals surface area contributed by atoms with E-state index in [-0.39, 0.29) is 12.8 Å². The molecular formula is C15H18N2O7S. The van der Waals surface area contributed by atoms with Gasteiger partial charge < -0.3 is 4.74 Å². The highest BCUT2D eigenvalue weighted by Crippen LogP contribution is 2.45. The molecule has 3 aliphatic rings. The Morgan fingerprint density at radius 2 is 1.52 bits per heavy atom. The molecule has 2 heterocycles. The summed E-state index contributed by atoms with van der Waals surface area (Å²) in [5, 5.41) is 0. The number of sulfone groups is 1. The normalized spacial score (nSPS) is 28.2. The molecule has 0 aromatic heterocycles. The lowest BCUT2D eigenvalue weighted by Gasteiger charge is -2.31. The number of hydrogen-bond donors (Lipinski definition) is 0. The molecule has 136 valence electrons. The summed E-state index contributed by atoms with van der Waals surface area (Å²) in [6.07, 6.45) is 3.30. The smallest absolute Gasteiger partial charge is 0.351 e. The monoisotopic (exact) mass is 370 g/mol. The molecule has 25 heavy (non-hydrogen) atoms. The van der Waals surface area contributed by atoms with E-state index in [4.69, 9.17) is 4.74 Å². The number of nitrogens with zero attached hydrogens (tertiary/aromatic N) is 2. The molecule has 0 N–H and O–H groups in total. The van der Waals surface area contributed by atoms with Crippen molar-refractivity contribution in [3.05, 3.63) is 11.0 Å². The quantitative estimate of drug-likeness (QED) is 0.367. The van der Waals surface area contributed by atoms with Gasteiger partial charge in [-0.1, -0.05) is 6.42 Å². The molecule has 3 fully saturated rings. The fourth-order valence-corrected chi connectivity index (χ4v) is 5.42. The summed E-state index contributed by atoms with van der Waals surface area (Å²) in [5.74, 6) is -4.37. The molecule has 0 radical (unpaired) electrons. The van der Waals surface area contributed by atoms with Crippen molar-refractivity contribution in [2.45, 2.75) is 37.0 Å². The maximum absolute atomic E-state index is 12.9. The number of urea groups is 1. The highest BCUT2D eigenvalue weighted by atomic mass is 32.2. The molecule has 4 amide bonds. The molecule has 3 rings (SSSR count). The molecule has 0 unspecified atom stereocenters. The van der Waals surface area contributed by atoms with E-state index in [0.29, 0.717) is 22.6 Å². The largest absolute Gasteiger partial charge is 0.438 e. The van der Waals surface area contributed by atoms with Crippen molar-refractivity contribution >= 4 is 33.7 Å². The van der Waals surface area contributed by atoms with E-state index in [2.05, 4.69) is 0 Å². The number of amides is 4. The van der Waals surface area contributed by atoms with Crippen LogP contribution in [0.4, 0.5) is 4.79 Å². The average molecular weight is 370 g/mol. The zero-order chi connectivity index (χ0) is 18.6. The van der Waals surface area contributed by atoms with Crippen LogP contribution in [-0.2, 0) is 29.0 Å². The Morgan fingerprint density at radius 1 is 1.00 bits per heavy atom. The second-order valence-corrected chi connectivity index (χ2v) is 8.64. The van der Waals surface area contributed by atoms with Gasteiger partial charge in [-0.2, -0.15) is 0 Å². The fourth-order valence-electron chi connectivity index (χ4n) is 3.43. The Bertz CT molecular complexity index is 784. The van der Waals surface area contributed by atoms with E-state index in [9.17, 15) is 27.6 Å². The molecule has 1 spiro atoms. The highest BCUT2D eigenvalue weighted by Gasteiger charge is 2.58. The van der Waals surface area contributed by atoms with Gasteiger partial charge in [0.15, 0.2) is 4.91 Å². The number of ether oxygens (including phenoxy) is 1. The lowest BCUT2D eigenvalue weighted by atomic mass is 9.97. The summed E-state index contributed by atoms with van der Waals surface area (Å²) >= 11 is 0. The van der Waals surface area contributed by atoms with E-state index in [1.807, 2.05) is 0 Å². The molecule has 10 heteroatoms. The average Bonchev–Trinajstić information content (AvgIpc) is 2.75. The van der Waals surface area contributed by atoms with Crippen LogP contribution in [0.15, 0.2) is 11.0 Å². The van der Waals surface area contributed by atoms with Gasteiger partial charge in [-0.25, -0.2) is 18.0 Å². The van der Waals surface area contributed by atoms with Crippen molar-refractivity contribution in [1.29, 1.82) is 0 Å². The van der Waals surface area contributed by atoms with Gasteiger partial charge >= 0.3 is 12.0 Å². The summed E-state index contributed by atoms with van der Waals surface area (Å²) in [7, 11) is -1.76. The van der Waals surface area contributed by atoms with Crippen LogP contribution in [0.2, 0.25) is 0 Å². The van der Waals surface area contributed by atoms with Crippen LogP contribution in [0.5, 0.6) is 0 Å². The summed E-state index contributed by atoms with van der Waals surface area (Å²) in [4.78, 5) is 47.6. The summed E-state index contributed by atoms with van der Waals surface area (Å²) < 4.78 is 30.9. The van der Waals surface area contributed by atoms with Gasteiger partial charge in [-0.15, -0.1) is 0 Å².